The first-order valence-electron chi connectivity index (χ1n) is 5.97. The molecule has 1 heterocycles. The zero-order chi connectivity index (χ0) is 12.1. The van der Waals surface area contributed by atoms with E-state index in [2.05, 4.69) is 48.2 Å². The molecule has 1 unspecified atom stereocenters. The van der Waals surface area contributed by atoms with Crippen molar-refractivity contribution in [2.24, 2.45) is 16.8 Å². The molecule has 5 nitrogen and oxygen atoms in total. The van der Waals surface area contributed by atoms with Gasteiger partial charge in [0.15, 0.2) is 0 Å². The number of hydrogen-bond donors (Lipinski definition) is 2. The van der Waals surface area contributed by atoms with Crippen LogP contribution >= 0.6 is 0 Å². The van der Waals surface area contributed by atoms with Gasteiger partial charge in [0.2, 0.25) is 5.96 Å². The molecule has 0 spiro atoms. The molecule has 0 aromatic rings. The van der Waals surface area contributed by atoms with Crippen LogP contribution < -0.4 is 11.3 Å². The lowest BCUT2D eigenvalue weighted by molar-refractivity contribution is 0.299. The van der Waals surface area contributed by atoms with Gasteiger partial charge in [0, 0.05) is 25.7 Å². The quantitative estimate of drug-likeness (QED) is 0.311. The van der Waals surface area contributed by atoms with E-state index in [4.69, 9.17) is 5.84 Å². The fraction of sp³-hybridized carbons (Fsp3) is 0.909. The number of hydrazine groups is 1. The summed E-state index contributed by atoms with van der Waals surface area (Å²) in [5.41, 5.74) is 2.72. The molecule has 94 valence electrons. The van der Waals surface area contributed by atoms with E-state index in [1.165, 1.54) is 6.42 Å². The van der Waals surface area contributed by atoms with E-state index in [0.717, 1.165) is 25.6 Å². The Morgan fingerprint density at radius 1 is 1.56 bits per heavy atom. The molecular weight excluding hydrogens is 202 g/mol. The van der Waals surface area contributed by atoms with Gasteiger partial charge >= 0.3 is 0 Å². The third-order valence-electron chi connectivity index (χ3n) is 2.93. The summed E-state index contributed by atoms with van der Waals surface area (Å²) < 4.78 is 0. The average molecular weight is 227 g/mol. The Hall–Kier alpha value is -0.810. The maximum atomic E-state index is 5.52. The highest BCUT2D eigenvalue weighted by atomic mass is 15.4. The average Bonchev–Trinajstić information content (AvgIpc) is 2.67. The van der Waals surface area contributed by atoms with Gasteiger partial charge in [-0.05, 0) is 26.4 Å². The minimum Gasteiger partial charge on any atom is -0.340 e. The Bertz CT molecular complexity index is 237. The van der Waals surface area contributed by atoms with E-state index in [9.17, 15) is 0 Å². The van der Waals surface area contributed by atoms with Crippen LogP contribution in [0.3, 0.4) is 0 Å². The summed E-state index contributed by atoms with van der Waals surface area (Å²) in [6.45, 7) is 7.18. The molecule has 0 aromatic heterocycles. The first-order chi connectivity index (χ1) is 7.54. The van der Waals surface area contributed by atoms with Crippen molar-refractivity contribution in [2.75, 3.05) is 33.7 Å². The predicted molar refractivity (Wildman–Crippen MR) is 68.1 cm³/mol. The Labute approximate surface area is 98.7 Å². The van der Waals surface area contributed by atoms with Crippen LogP contribution in [0.2, 0.25) is 0 Å². The molecule has 16 heavy (non-hydrogen) atoms. The summed E-state index contributed by atoms with van der Waals surface area (Å²) in [7, 11) is 4.24. The third-order valence-corrected chi connectivity index (χ3v) is 2.93. The monoisotopic (exact) mass is 227 g/mol. The SMILES string of the molecule is CC(C)CN=C(NN)N1CCC(N(C)C)C1. The van der Waals surface area contributed by atoms with Crippen LogP contribution in [0, 0.1) is 5.92 Å². The molecule has 5 heteroatoms. The first-order valence-corrected chi connectivity index (χ1v) is 5.97. The number of hydrogen-bond acceptors (Lipinski definition) is 3. The molecule has 1 rings (SSSR count). The molecule has 1 aliphatic heterocycles. The van der Waals surface area contributed by atoms with E-state index < -0.39 is 0 Å². The standard InChI is InChI=1S/C11H25N5/c1-9(2)7-13-11(14-12)16-6-5-10(8-16)15(3)4/h9-10H,5-8,12H2,1-4H3,(H,13,14). The summed E-state index contributed by atoms with van der Waals surface area (Å²) in [6.07, 6.45) is 1.18. The van der Waals surface area contributed by atoms with Gasteiger partial charge in [0.1, 0.15) is 0 Å². The van der Waals surface area contributed by atoms with Crippen molar-refractivity contribution < 1.29 is 0 Å². The molecule has 0 saturated carbocycles. The topological polar surface area (TPSA) is 56.9 Å². The summed E-state index contributed by atoms with van der Waals surface area (Å²) in [6, 6.07) is 0.609. The number of nitrogens with two attached hydrogens (primary N) is 1. The fourth-order valence-corrected chi connectivity index (χ4v) is 1.86. The largest absolute Gasteiger partial charge is 0.340 e. The van der Waals surface area contributed by atoms with Crippen molar-refractivity contribution in [2.45, 2.75) is 26.3 Å². The highest BCUT2D eigenvalue weighted by molar-refractivity contribution is 5.79. The van der Waals surface area contributed by atoms with Crippen LogP contribution in [-0.4, -0.2) is 55.5 Å². The Balaban J connectivity index is 2.52. The normalized spacial score (nSPS) is 22.3. The molecule has 3 N–H and O–H groups in total. The summed E-state index contributed by atoms with van der Waals surface area (Å²) in [4.78, 5) is 9.00. The van der Waals surface area contributed by atoms with E-state index in [1.807, 2.05) is 0 Å². The van der Waals surface area contributed by atoms with Crippen molar-refractivity contribution in [3.8, 4) is 0 Å². The highest BCUT2D eigenvalue weighted by Gasteiger charge is 2.25. The fourth-order valence-electron chi connectivity index (χ4n) is 1.86. The van der Waals surface area contributed by atoms with Crippen LogP contribution in [0.1, 0.15) is 20.3 Å². The molecular formula is C11H25N5. The van der Waals surface area contributed by atoms with Crippen molar-refractivity contribution in [1.82, 2.24) is 15.2 Å². The Morgan fingerprint density at radius 3 is 2.69 bits per heavy atom. The van der Waals surface area contributed by atoms with Crippen LogP contribution in [0.5, 0.6) is 0 Å². The van der Waals surface area contributed by atoms with Crippen LogP contribution in [-0.2, 0) is 0 Å². The second-order valence-electron chi connectivity index (χ2n) is 5.05. The van der Waals surface area contributed by atoms with E-state index in [1.54, 1.807) is 0 Å². The van der Waals surface area contributed by atoms with Gasteiger partial charge in [0.25, 0.3) is 0 Å². The van der Waals surface area contributed by atoms with Crippen molar-refractivity contribution in [3.63, 3.8) is 0 Å². The molecule has 1 saturated heterocycles. The van der Waals surface area contributed by atoms with Crippen LogP contribution in [0.25, 0.3) is 0 Å². The maximum absolute atomic E-state index is 5.52. The smallest absolute Gasteiger partial charge is 0.208 e. The number of rotatable bonds is 3. The van der Waals surface area contributed by atoms with Gasteiger partial charge in [-0.25, -0.2) is 5.84 Å². The lowest BCUT2D eigenvalue weighted by atomic mass is 10.2. The summed E-state index contributed by atoms with van der Waals surface area (Å²) >= 11 is 0. The van der Waals surface area contributed by atoms with Gasteiger partial charge in [0.05, 0.1) is 0 Å². The zero-order valence-electron chi connectivity index (χ0n) is 10.9. The number of nitrogens with zero attached hydrogens (tertiary/aromatic N) is 3. The second kappa shape index (κ2) is 6.06. The van der Waals surface area contributed by atoms with E-state index in [-0.39, 0.29) is 0 Å². The molecule has 0 aromatic carbocycles. The number of likely N-dealkylation sites (tertiary alicyclic amines) is 1. The van der Waals surface area contributed by atoms with Crippen molar-refractivity contribution in [3.05, 3.63) is 0 Å². The van der Waals surface area contributed by atoms with Crippen LogP contribution in [0.4, 0.5) is 0 Å². The second-order valence-corrected chi connectivity index (χ2v) is 5.05. The molecule has 1 aliphatic rings. The molecule has 0 bridgehead atoms. The number of aliphatic imine (C=N–C) groups is 1. The summed E-state index contributed by atoms with van der Waals surface area (Å²) in [5, 5.41) is 0. The van der Waals surface area contributed by atoms with Crippen molar-refractivity contribution in [1.29, 1.82) is 0 Å². The Morgan fingerprint density at radius 2 is 2.25 bits per heavy atom. The number of nitrogens with one attached hydrogen (secondary N) is 1. The molecule has 0 aliphatic carbocycles. The maximum Gasteiger partial charge on any atom is 0.208 e. The molecule has 0 amide bonds. The van der Waals surface area contributed by atoms with Gasteiger partial charge in [-0.1, -0.05) is 13.8 Å². The van der Waals surface area contributed by atoms with Gasteiger partial charge in [-0.2, -0.15) is 0 Å². The van der Waals surface area contributed by atoms with Crippen molar-refractivity contribution >= 4 is 5.96 Å². The van der Waals surface area contributed by atoms with Gasteiger partial charge < -0.3 is 9.80 Å². The lowest BCUT2D eigenvalue weighted by Crippen LogP contribution is -2.45. The molecule has 1 atom stereocenters. The Kier molecular flexibility index (Phi) is 5.02. The minimum atomic E-state index is 0.565. The minimum absolute atomic E-state index is 0.565. The lowest BCUT2D eigenvalue weighted by Gasteiger charge is -2.22. The molecule has 1 fully saturated rings. The number of guanidine groups is 1. The predicted octanol–water partition coefficient (Wildman–Crippen LogP) is 0.0976. The van der Waals surface area contributed by atoms with Gasteiger partial charge in [-0.3, -0.25) is 10.4 Å². The summed E-state index contributed by atoms with van der Waals surface area (Å²) in [5.74, 6) is 6.92. The zero-order valence-corrected chi connectivity index (χ0v) is 10.9. The van der Waals surface area contributed by atoms with Gasteiger partial charge in [-0.15, -0.1) is 0 Å². The first kappa shape index (κ1) is 13.3. The third kappa shape index (κ3) is 3.64. The highest BCUT2D eigenvalue weighted by Crippen LogP contribution is 2.13. The molecule has 0 radical (unpaired) electrons. The van der Waals surface area contributed by atoms with Crippen LogP contribution in [0.15, 0.2) is 4.99 Å². The number of likely N-dealkylation sites (N-methyl/N-ethyl adjacent to an activating group) is 1. The van der Waals surface area contributed by atoms with E-state index in [0.29, 0.717) is 12.0 Å². The van der Waals surface area contributed by atoms with E-state index >= 15 is 0 Å².